The molecular weight excluding hydrogens is 218 g/mol. The minimum Gasteiger partial charge on any atom is -0.329 e. The first-order chi connectivity index (χ1) is 7.58. The van der Waals surface area contributed by atoms with Gasteiger partial charge in [0.25, 0.3) is 0 Å². The van der Waals surface area contributed by atoms with Crippen LogP contribution in [0.2, 0.25) is 0 Å². The highest BCUT2D eigenvalue weighted by molar-refractivity contribution is 7.71. The maximum Gasteiger partial charge on any atom is 0.179 e. The highest BCUT2D eigenvalue weighted by atomic mass is 32.1. The Hall–Kier alpha value is -1.16. The van der Waals surface area contributed by atoms with Gasteiger partial charge < -0.3 is 9.55 Å². The molecule has 3 nitrogen and oxygen atoms in total. The lowest BCUT2D eigenvalue weighted by Crippen LogP contribution is -2.02. The van der Waals surface area contributed by atoms with Gasteiger partial charge in [-0.05, 0) is 43.1 Å². The number of imidazole rings is 1. The fraction of sp³-hybridized carbons (Fsp3) is 0.500. The van der Waals surface area contributed by atoms with Gasteiger partial charge in [0, 0.05) is 12.7 Å². The SMILES string of the molecule is Cc1cnc2c(c1)[nH]c(=S)n2CCC(C)C. The smallest absolute Gasteiger partial charge is 0.179 e. The first-order valence-electron chi connectivity index (χ1n) is 5.63. The Balaban J connectivity index is 2.44. The van der Waals surface area contributed by atoms with Crippen LogP contribution in [0.3, 0.4) is 0 Å². The third kappa shape index (κ3) is 2.16. The van der Waals surface area contributed by atoms with Crippen molar-refractivity contribution >= 4 is 23.4 Å². The summed E-state index contributed by atoms with van der Waals surface area (Å²) in [6.07, 6.45) is 3.01. The molecular formula is C12H17N3S. The molecule has 0 atom stereocenters. The van der Waals surface area contributed by atoms with Gasteiger partial charge in [-0.2, -0.15) is 0 Å². The summed E-state index contributed by atoms with van der Waals surface area (Å²) in [5, 5.41) is 0. The average Bonchev–Trinajstić information content (AvgIpc) is 2.50. The van der Waals surface area contributed by atoms with Gasteiger partial charge in [0.15, 0.2) is 10.4 Å². The molecule has 2 aromatic rings. The second-order valence-corrected chi connectivity index (χ2v) is 5.03. The lowest BCUT2D eigenvalue weighted by Gasteiger charge is -2.06. The van der Waals surface area contributed by atoms with E-state index in [9.17, 15) is 0 Å². The summed E-state index contributed by atoms with van der Waals surface area (Å²) in [6, 6.07) is 2.09. The molecule has 0 spiro atoms. The molecule has 0 radical (unpaired) electrons. The minimum atomic E-state index is 0.678. The van der Waals surface area contributed by atoms with Crippen LogP contribution >= 0.6 is 12.2 Å². The number of fused-ring (bicyclic) bond motifs is 1. The number of nitrogens with one attached hydrogen (secondary N) is 1. The van der Waals surface area contributed by atoms with Gasteiger partial charge in [-0.15, -0.1) is 0 Å². The molecule has 0 aliphatic rings. The monoisotopic (exact) mass is 235 g/mol. The van der Waals surface area contributed by atoms with E-state index in [1.165, 1.54) is 0 Å². The van der Waals surface area contributed by atoms with Crippen molar-refractivity contribution in [3.8, 4) is 0 Å². The van der Waals surface area contributed by atoms with E-state index in [4.69, 9.17) is 12.2 Å². The second-order valence-electron chi connectivity index (χ2n) is 4.65. The van der Waals surface area contributed by atoms with E-state index in [1.807, 2.05) is 13.1 Å². The van der Waals surface area contributed by atoms with Crippen molar-refractivity contribution in [3.63, 3.8) is 0 Å². The van der Waals surface area contributed by atoms with Gasteiger partial charge in [0.2, 0.25) is 0 Å². The van der Waals surface area contributed by atoms with E-state index in [0.29, 0.717) is 5.92 Å². The molecule has 0 saturated heterocycles. The summed E-state index contributed by atoms with van der Waals surface area (Å²) >= 11 is 5.32. The maximum absolute atomic E-state index is 5.32. The highest BCUT2D eigenvalue weighted by Gasteiger charge is 2.06. The summed E-state index contributed by atoms with van der Waals surface area (Å²) in [5.41, 5.74) is 3.16. The molecule has 2 heterocycles. The lowest BCUT2D eigenvalue weighted by molar-refractivity contribution is 0.518. The lowest BCUT2D eigenvalue weighted by atomic mass is 10.1. The van der Waals surface area contributed by atoms with Gasteiger partial charge in [0.1, 0.15) is 0 Å². The summed E-state index contributed by atoms with van der Waals surface area (Å²) in [6.45, 7) is 7.41. The van der Waals surface area contributed by atoms with Gasteiger partial charge >= 0.3 is 0 Å². The Bertz CT molecular complexity index is 551. The van der Waals surface area contributed by atoms with Crippen LogP contribution in [0.4, 0.5) is 0 Å². The zero-order chi connectivity index (χ0) is 11.7. The van der Waals surface area contributed by atoms with Crippen LogP contribution in [0.5, 0.6) is 0 Å². The Morgan fingerprint density at radius 3 is 2.94 bits per heavy atom. The van der Waals surface area contributed by atoms with Gasteiger partial charge in [-0.3, -0.25) is 0 Å². The number of hydrogen-bond donors (Lipinski definition) is 1. The molecule has 4 heteroatoms. The van der Waals surface area contributed by atoms with Crippen molar-refractivity contribution in [3.05, 3.63) is 22.6 Å². The van der Waals surface area contributed by atoms with Crippen LogP contribution in [0.1, 0.15) is 25.8 Å². The van der Waals surface area contributed by atoms with E-state index < -0.39 is 0 Å². The molecule has 0 amide bonds. The summed E-state index contributed by atoms with van der Waals surface area (Å²) in [4.78, 5) is 7.65. The zero-order valence-corrected chi connectivity index (χ0v) is 10.8. The van der Waals surface area contributed by atoms with E-state index >= 15 is 0 Å². The molecule has 86 valence electrons. The molecule has 0 bridgehead atoms. The quantitative estimate of drug-likeness (QED) is 0.827. The number of H-pyrrole nitrogens is 1. The van der Waals surface area contributed by atoms with E-state index in [2.05, 4.69) is 34.4 Å². The van der Waals surface area contributed by atoms with Gasteiger partial charge in [-0.25, -0.2) is 4.98 Å². The van der Waals surface area contributed by atoms with Crippen molar-refractivity contribution in [2.75, 3.05) is 0 Å². The Morgan fingerprint density at radius 1 is 1.50 bits per heavy atom. The summed E-state index contributed by atoms with van der Waals surface area (Å²) in [7, 11) is 0. The maximum atomic E-state index is 5.32. The van der Waals surface area contributed by atoms with Crippen LogP contribution < -0.4 is 0 Å². The fourth-order valence-electron chi connectivity index (χ4n) is 1.74. The third-order valence-electron chi connectivity index (χ3n) is 2.68. The van der Waals surface area contributed by atoms with Crippen LogP contribution in [0.15, 0.2) is 12.3 Å². The van der Waals surface area contributed by atoms with Crippen LogP contribution in [-0.4, -0.2) is 14.5 Å². The van der Waals surface area contributed by atoms with Crippen LogP contribution in [0.25, 0.3) is 11.2 Å². The highest BCUT2D eigenvalue weighted by Crippen LogP contribution is 2.14. The standard InChI is InChI=1S/C12H17N3S/c1-8(2)4-5-15-11-10(14-12(15)16)6-9(3)7-13-11/h6-8H,4-5H2,1-3H3,(H,14,16). The predicted molar refractivity (Wildman–Crippen MR) is 69.1 cm³/mol. The third-order valence-corrected chi connectivity index (χ3v) is 3.00. The van der Waals surface area contributed by atoms with Crippen LogP contribution in [0, 0.1) is 17.6 Å². The van der Waals surface area contributed by atoms with Crippen molar-refractivity contribution in [1.82, 2.24) is 14.5 Å². The zero-order valence-electron chi connectivity index (χ0n) is 9.95. The molecule has 1 N–H and O–H groups in total. The molecule has 0 aliphatic carbocycles. The van der Waals surface area contributed by atoms with Gasteiger partial charge in [0.05, 0.1) is 5.52 Å². The number of aromatic nitrogens is 3. The number of nitrogens with zero attached hydrogens (tertiary/aromatic N) is 2. The molecule has 0 saturated carbocycles. The van der Waals surface area contributed by atoms with Crippen molar-refractivity contribution in [2.45, 2.75) is 33.7 Å². The van der Waals surface area contributed by atoms with Crippen LogP contribution in [-0.2, 0) is 6.54 Å². The molecule has 0 unspecified atom stereocenters. The fourth-order valence-corrected chi connectivity index (χ4v) is 2.03. The molecule has 2 rings (SSSR count). The summed E-state index contributed by atoms with van der Waals surface area (Å²) in [5.74, 6) is 0.678. The number of aromatic amines is 1. The predicted octanol–water partition coefficient (Wildman–Crippen LogP) is 3.45. The number of aryl methyl sites for hydroxylation is 2. The Morgan fingerprint density at radius 2 is 2.25 bits per heavy atom. The first kappa shape index (κ1) is 11.3. The first-order valence-corrected chi connectivity index (χ1v) is 6.04. The van der Waals surface area contributed by atoms with E-state index in [-0.39, 0.29) is 0 Å². The molecule has 0 aromatic carbocycles. The van der Waals surface area contributed by atoms with E-state index in [1.54, 1.807) is 0 Å². The largest absolute Gasteiger partial charge is 0.329 e. The van der Waals surface area contributed by atoms with Crippen molar-refractivity contribution < 1.29 is 0 Å². The Kier molecular flexibility index (Phi) is 3.10. The van der Waals surface area contributed by atoms with E-state index in [0.717, 1.165) is 34.5 Å². The Labute approximate surface area is 101 Å². The van der Waals surface area contributed by atoms with Crippen molar-refractivity contribution in [2.24, 2.45) is 5.92 Å². The number of rotatable bonds is 3. The van der Waals surface area contributed by atoms with Gasteiger partial charge in [-0.1, -0.05) is 13.8 Å². The molecule has 16 heavy (non-hydrogen) atoms. The number of pyridine rings is 1. The minimum absolute atomic E-state index is 0.678. The number of hydrogen-bond acceptors (Lipinski definition) is 2. The molecule has 2 aromatic heterocycles. The topological polar surface area (TPSA) is 33.6 Å². The molecule has 0 aliphatic heterocycles. The normalized spacial score (nSPS) is 11.5. The summed E-state index contributed by atoms with van der Waals surface area (Å²) < 4.78 is 2.86. The average molecular weight is 235 g/mol. The van der Waals surface area contributed by atoms with Crippen molar-refractivity contribution in [1.29, 1.82) is 0 Å². The molecule has 0 fully saturated rings. The second kappa shape index (κ2) is 4.37.